The van der Waals surface area contributed by atoms with Gasteiger partial charge in [-0.1, -0.05) is 25.0 Å². The Morgan fingerprint density at radius 1 is 1.26 bits per heavy atom. The number of nitrogens with zero attached hydrogens (tertiary/aromatic N) is 1. The summed E-state index contributed by atoms with van der Waals surface area (Å²) in [5.74, 6) is 4.54. The van der Waals surface area contributed by atoms with Gasteiger partial charge in [0, 0.05) is 17.8 Å². The lowest BCUT2D eigenvalue weighted by atomic mass is 9.78. The fourth-order valence-corrected chi connectivity index (χ4v) is 4.62. The molecular formula is C24H37FN2. The molecule has 150 valence electrons. The van der Waals surface area contributed by atoms with Gasteiger partial charge < -0.3 is 4.90 Å². The molecule has 2 saturated carbocycles. The van der Waals surface area contributed by atoms with E-state index in [9.17, 15) is 4.39 Å². The lowest BCUT2D eigenvalue weighted by Crippen LogP contribution is -2.54. The summed E-state index contributed by atoms with van der Waals surface area (Å²) in [5.41, 5.74) is 2.58. The Balaban J connectivity index is 1.88. The third-order valence-corrected chi connectivity index (χ3v) is 6.71. The zero-order chi connectivity index (χ0) is 19.6. The second-order valence-electron chi connectivity index (χ2n) is 9.03. The Kier molecular flexibility index (Phi) is 6.69. The summed E-state index contributed by atoms with van der Waals surface area (Å²) < 4.78 is 13.8. The molecule has 3 heteroatoms. The third-order valence-electron chi connectivity index (χ3n) is 6.71. The average molecular weight is 373 g/mol. The van der Waals surface area contributed by atoms with Crippen molar-refractivity contribution >= 4 is 0 Å². The van der Waals surface area contributed by atoms with Gasteiger partial charge in [-0.2, -0.15) is 0 Å². The molecule has 3 rings (SSSR count). The standard InChI is InChI=1S/C24H37FN2/c1-6-18(5)26-24(7-2)27(21-9-8-10-21)23-15-22(19-11-12-19)20(13-16(23)3)14-17(4)25/h2,13,15,17-22,24,26H,6,8-12,14H2,1,3-5H3. The molecule has 5 atom stereocenters. The normalized spacial score (nSPS) is 29.0. The number of rotatable bonds is 9. The minimum atomic E-state index is -0.747. The number of terminal acetylenes is 1. The van der Waals surface area contributed by atoms with Crippen molar-refractivity contribution in [1.29, 1.82) is 0 Å². The topological polar surface area (TPSA) is 15.3 Å². The number of nitrogens with one attached hydrogen (secondary N) is 1. The predicted octanol–water partition coefficient (Wildman–Crippen LogP) is 5.42. The highest BCUT2D eigenvalue weighted by atomic mass is 19.1. The second-order valence-corrected chi connectivity index (χ2v) is 9.03. The molecule has 3 aliphatic carbocycles. The highest BCUT2D eigenvalue weighted by Gasteiger charge is 2.40. The van der Waals surface area contributed by atoms with Crippen molar-refractivity contribution in [1.82, 2.24) is 10.2 Å². The fraction of sp³-hybridized carbons (Fsp3) is 0.750. The largest absolute Gasteiger partial charge is 0.343 e. The van der Waals surface area contributed by atoms with E-state index in [1.807, 2.05) is 0 Å². The molecule has 0 heterocycles. The first-order valence-electron chi connectivity index (χ1n) is 11.0. The zero-order valence-electron chi connectivity index (χ0n) is 17.5. The molecule has 1 N–H and O–H groups in total. The van der Waals surface area contributed by atoms with Crippen molar-refractivity contribution in [3.8, 4) is 12.3 Å². The molecule has 2 fully saturated rings. The van der Waals surface area contributed by atoms with Crippen LogP contribution in [-0.2, 0) is 0 Å². The molecule has 0 aromatic heterocycles. The minimum absolute atomic E-state index is 0.0728. The van der Waals surface area contributed by atoms with Crippen molar-refractivity contribution in [2.75, 3.05) is 0 Å². The zero-order valence-corrected chi connectivity index (χ0v) is 17.5. The molecule has 0 aliphatic heterocycles. The van der Waals surface area contributed by atoms with E-state index in [0.29, 0.717) is 30.3 Å². The molecule has 2 nitrogen and oxygen atoms in total. The molecule has 0 aromatic rings. The van der Waals surface area contributed by atoms with Gasteiger partial charge in [-0.3, -0.25) is 5.32 Å². The number of halogens is 1. The van der Waals surface area contributed by atoms with Gasteiger partial charge in [-0.15, -0.1) is 6.42 Å². The predicted molar refractivity (Wildman–Crippen MR) is 112 cm³/mol. The van der Waals surface area contributed by atoms with Crippen LogP contribution < -0.4 is 5.32 Å². The smallest absolute Gasteiger partial charge is 0.143 e. The third kappa shape index (κ3) is 4.77. The fourth-order valence-electron chi connectivity index (χ4n) is 4.62. The lowest BCUT2D eigenvalue weighted by molar-refractivity contribution is 0.120. The van der Waals surface area contributed by atoms with Crippen molar-refractivity contribution < 1.29 is 4.39 Å². The van der Waals surface area contributed by atoms with Crippen LogP contribution in [0.3, 0.4) is 0 Å². The maximum Gasteiger partial charge on any atom is 0.143 e. The van der Waals surface area contributed by atoms with E-state index < -0.39 is 6.17 Å². The molecule has 0 amide bonds. The van der Waals surface area contributed by atoms with Crippen molar-refractivity contribution in [2.24, 2.45) is 17.8 Å². The number of hydrogen-bond donors (Lipinski definition) is 1. The SMILES string of the molecule is C#CC(NC(C)CC)N(C1=CC(C2CC2)C(CC(C)F)C=C1C)C1CCC1. The molecule has 27 heavy (non-hydrogen) atoms. The van der Waals surface area contributed by atoms with Crippen molar-refractivity contribution in [3.63, 3.8) is 0 Å². The lowest BCUT2D eigenvalue weighted by Gasteiger charge is -2.46. The summed E-state index contributed by atoms with van der Waals surface area (Å²) in [5, 5.41) is 3.65. The Morgan fingerprint density at radius 3 is 2.44 bits per heavy atom. The van der Waals surface area contributed by atoms with Crippen LogP contribution in [0.15, 0.2) is 23.4 Å². The summed E-state index contributed by atoms with van der Waals surface area (Å²) in [4.78, 5) is 2.48. The Morgan fingerprint density at radius 2 is 1.96 bits per heavy atom. The van der Waals surface area contributed by atoms with Crippen LogP contribution >= 0.6 is 0 Å². The van der Waals surface area contributed by atoms with E-state index in [1.165, 1.54) is 43.4 Å². The van der Waals surface area contributed by atoms with E-state index in [1.54, 1.807) is 6.92 Å². The number of hydrogen-bond acceptors (Lipinski definition) is 2. The molecule has 0 spiro atoms. The quantitative estimate of drug-likeness (QED) is 0.429. The number of alkyl halides is 1. The highest BCUT2D eigenvalue weighted by Crippen LogP contribution is 2.47. The monoisotopic (exact) mass is 372 g/mol. The maximum absolute atomic E-state index is 13.8. The van der Waals surface area contributed by atoms with Crippen LogP contribution in [0, 0.1) is 30.1 Å². The molecule has 3 aliphatic rings. The van der Waals surface area contributed by atoms with Gasteiger partial charge in [-0.25, -0.2) is 4.39 Å². The van der Waals surface area contributed by atoms with Gasteiger partial charge in [0.2, 0.25) is 0 Å². The van der Waals surface area contributed by atoms with E-state index in [2.05, 4.69) is 49.1 Å². The van der Waals surface area contributed by atoms with Crippen LogP contribution in [0.1, 0.15) is 72.6 Å². The number of allylic oxidation sites excluding steroid dienone is 3. The molecule has 0 radical (unpaired) electrons. The van der Waals surface area contributed by atoms with E-state index in [-0.39, 0.29) is 6.17 Å². The van der Waals surface area contributed by atoms with Gasteiger partial charge in [0.1, 0.15) is 6.17 Å². The molecule has 0 saturated heterocycles. The Bertz CT molecular complexity index is 606. The van der Waals surface area contributed by atoms with E-state index >= 15 is 0 Å². The molecule has 0 aromatic carbocycles. The first kappa shape index (κ1) is 20.5. The van der Waals surface area contributed by atoms with E-state index in [4.69, 9.17) is 6.42 Å². The van der Waals surface area contributed by atoms with Crippen LogP contribution in [0.5, 0.6) is 0 Å². The highest BCUT2D eigenvalue weighted by molar-refractivity contribution is 5.36. The van der Waals surface area contributed by atoms with Gasteiger partial charge in [-0.05, 0) is 89.0 Å². The summed E-state index contributed by atoms with van der Waals surface area (Å²) in [6.45, 7) is 8.27. The molecule has 5 unspecified atom stereocenters. The summed E-state index contributed by atoms with van der Waals surface area (Å²) in [6, 6.07) is 0.912. The Hall–Kier alpha value is -1.27. The summed E-state index contributed by atoms with van der Waals surface area (Å²) >= 11 is 0. The van der Waals surface area contributed by atoms with Crippen LogP contribution in [0.2, 0.25) is 0 Å². The van der Waals surface area contributed by atoms with Crippen molar-refractivity contribution in [3.05, 3.63) is 23.4 Å². The van der Waals surface area contributed by atoms with E-state index in [0.717, 1.165) is 12.3 Å². The molecule has 0 bridgehead atoms. The first-order chi connectivity index (χ1) is 12.9. The van der Waals surface area contributed by atoms with Crippen LogP contribution in [-0.4, -0.2) is 29.3 Å². The van der Waals surface area contributed by atoms with Crippen LogP contribution in [0.25, 0.3) is 0 Å². The maximum atomic E-state index is 13.8. The molecular weight excluding hydrogens is 335 g/mol. The minimum Gasteiger partial charge on any atom is -0.343 e. The first-order valence-corrected chi connectivity index (χ1v) is 11.0. The summed E-state index contributed by atoms with van der Waals surface area (Å²) in [7, 11) is 0. The average Bonchev–Trinajstić information content (AvgIpc) is 3.41. The van der Waals surface area contributed by atoms with Gasteiger partial charge in [0.15, 0.2) is 0 Å². The Labute approximate surface area is 165 Å². The van der Waals surface area contributed by atoms with Gasteiger partial charge >= 0.3 is 0 Å². The van der Waals surface area contributed by atoms with Crippen molar-refractivity contribution in [2.45, 2.75) is 97.1 Å². The second kappa shape index (κ2) is 8.82. The van der Waals surface area contributed by atoms with Crippen LogP contribution in [0.4, 0.5) is 4.39 Å². The summed E-state index contributed by atoms with van der Waals surface area (Å²) in [6.07, 6.45) is 17.9. The van der Waals surface area contributed by atoms with Gasteiger partial charge in [0.05, 0.1) is 6.17 Å². The van der Waals surface area contributed by atoms with Gasteiger partial charge in [0.25, 0.3) is 0 Å².